The van der Waals surface area contributed by atoms with Crippen molar-refractivity contribution in [2.75, 3.05) is 26.8 Å². The minimum Gasteiger partial charge on any atom is -0.379 e. The fourth-order valence-corrected chi connectivity index (χ4v) is 2.90. The Kier molecular flexibility index (Phi) is 5.62. The zero-order chi connectivity index (χ0) is 15.4. The average molecular weight is 311 g/mol. The van der Waals surface area contributed by atoms with Crippen LogP contribution in [0.2, 0.25) is 5.02 Å². The molecule has 3 atom stereocenters. The lowest BCUT2D eigenvalue weighted by Gasteiger charge is -2.29. The van der Waals surface area contributed by atoms with Crippen molar-refractivity contribution in [1.82, 2.24) is 10.2 Å². The number of hydrogen-bond acceptors (Lipinski definition) is 3. The molecule has 0 spiro atoms. The van der Waals surface area contributed by atoms with Crippen molar-refractivity contribution in [3.05, 3.63) is 34.9 Å². The van der Waals surface area contributed by atoms with Gasteiger partial charge in [-0.25, -0.2) is 0 Å². The second kappa shape index (κ2) is 7.25. The monoisotopic (exact) mass is 310 g/mol. The molecule has 1 N–H and O–H groups in total. The Bertz CT molecular complexity index is 495. The molecule has 1 heterocycles. The summed E-state index contributed by atoms with van der Waals surface area (Å²) in [7, 11) is 1.84. The van der Waals surface area contributed by atoms with Gasteiger partial charge in [0.25, 0.3) is 0 Å². The topological polar surface area (TPSA) is 41.6 Å². The van der Waals surface area contributed by atoms with Crippen molar-refractivity contribution in [1.29, 1.82) is 0 Å². The number of ether oxygens (including phenoxy) is 1. The van der Waals surface area contributed by atoms with E-state index in [2.05, 4.69) is 5.32 Å². The van der Waals surface area contributed by atoms with Crippen LogP contribution in [-0.4, -0.2) is 43.7 Å². The standard InChI is InChI=1S/C16H23ClN2O2/c1-4-18-15-10-21-9-14(15)16(20)19(3)11(2)12-6-5-7-13(17)8-12/h5-8,11,14-15,18H,4,9-10H2,1-3H3. The number of amides is 1. The maximum absolute atomic E-state index is 12.7. The summed E-state index contributed by atoms with van der Waals surface area (Å²) >= 11 is 6.03. The van der Waals surface area contributed by atoms with E-state index in [4.69, 9.17) is 16.3 Å². The predicted molar refractivity (Wildman–Crippen MR) is 84.4 cm³/mol. The molecule has 2 rings (SSSR count). The van der Waals surface area contributed by atoms with E-state index in [0.717, 1.165) is 12.1 Å². The molecule has 1 aliphatic heterocycles. The fourth-order valence-electron chi connectivity index (χ4n) is 2.70. The van der Waals surface area contributed by atoms with Gasteiger partial charge in [0.1, 0.15) is 0 Å². The Balaban J connectivity index is 2.08. The molecule has 0 aromatic heterocycles. The van der Waals surface area contributed by atoms with Crippen molar-refractivity contribution in [3.8, 4) is 0 Å². The molecule has 116 valence electrons. The Labute approximate surface area is 131 Å². The van der Waals surface area contributed by atoms with E-state index >= 15 is 0 Å². The third kappa shape index (κ3) is 3.76. The van der Waals surface area contributed by atoms with Crippen LogP contribution in [0, 0.1) is 5.92 Å². The van der Waals surface area contributed by atoms with Crippen LogP contribution in [0.5, 0.6) is 0 Å². The van der Waals surface area contributed by atoms with Gasteiger partial charge in [0.05, 0.1) is 25.2 Å². The molecular weight excluding hydrogens is 288 g/mol. The van der Waals surface area contributed by atoms with Crippen LogP contribution in [-0.2, 0) is 9.53 Å². The number of nitrogens with zero attached hydrogens (tertiary/aromatic N) is 1. The van der Waals surface area contributed by atoms with Gasteiger partial charge in [-0.2, -0.15) is 0 Å². The predicted octanol–water partition coefficient (Wildman–Crippen LogP) is 2.48. The molecule has 1 aromatic carbocycles. The molecule has 0 bridgehead atoms. The minimum atomic E-state index is -0.114. The highest BCUT2D eigenvalue weighted by molar-refractivity contribution is 6.30. The van der Waals surface area contributed by atoms with Crippen LogP contribution >= 0.6 is 11.6 Å². The fraction of sp³-hybridized carbons (Fsp3) is 0.562. The first-order valence-electron chi connectivity index (χ1n) is 7.37. The van der Waals surface area contributed by atoms with Gasteiger partial charge in [-0.05, 0) is 31.2 Å². The first-order chi connectivity index (χ1) is 10.0. The van der Waals surface area contributed by atoms with Crippen LogP contribution in [0.1, 0.15) is 25.5 Å². The lowest BCUT2D eigenvalue weighted by atomic mass is 10.00. The van der Waals surface area contributed by atoms with Gasteiger partial charge < -0.3 is 15.0 Å². The largest absolute Gasteiger partial charge is 0.379 e. The first-order valence-corrected chi connectivity index (χ1v) is 7.75. The van der Waals surface area contributed by atoms with E-state index in [1.807, 2.05) is 45.2 Å². The smallest absolute Gasteiger partial charge is 0.229 e. The van der Waals surface area contributed by atoms with Crippen molar-refractivity contribution in [3.63, 3.8) is 0 Å². The lowest BCUT2D eigenvalue weighted by Crippen LogP contribution is -2.45. The van der Waals surface area contributed by atoms with Gasteiger partial charge in [-0.1, -0.05) is 30.7 Å². The molecule has 5 heteroatoms. The number of likely N-dealkylation sites (N-methyl/N-ethyl adjacent to an activating group) is 1. The highest BCUT2D eigenvalue weighted by Gasteiger charge is 2.36. The Hall–Kier alpha value is -1.10. The Morgan fingerprint density at radius 1 is 1.52 bits per heavy atom. The van der Waals surface area contributed by atoms with Gasteiger partial charge in [0.2, 0.25) is 5.91 Å². The van der Waals surface area contributed by atoms with E-state index in [1.165, 1.54) is 0 Å². The van der Waals surface area contributed by atoms with Crippen LogP contribution < -0.4 is 5.32 Å². The number of carbonyl (C=O) groups is 1. The van der Waals surface area contributed by atoms with Gasteiger partial charge in [0.15, 0.2) is 0 Å². The third-order valence-corrected chi connectivity index (χ3v) is 4.36. The number of nitrogens with one attached hydrogen (secondary N) is 1. The quantitative estimate of drug-likeness (QED) is 0.908. The van der Waals surface area contributed by atoms with Crippen molar-refractivity contribution >= 4 is 17.5 Å². The van der Waals surface area contributed by atoms with Crippen molar-refractivity contribution < 1.29 is 9.53 Å². The molecule has 3 unspecified atom stereocenters. The van der Waals surface area contributed by atoms with E-state index < -0.39 is 0 Å². The lowest BCUT2D eigenvalue weighted by molar-refractivity contribution is -0.136. The van der Waals surface area contributed by atoms with E-state index in [9.17, 15) is 4.79 Å². The maximum atomic E-state index is 12.7. The van der Waals surface area contributed by atoms with E-state index in [0.29, 0.717) is 18.2 Å². The summed E-state index contributed by atoms with van der Waals surface area (Å²) in [6.45, 7) is 5.98. The SMILES string of the molecule is CCNC1COCC1C(=O)N(C)C(C)c1cccc(Cl)c1. The molecule has 21 heavy (non-hydrogen) atoms. The molecular formula is C16H23ClN2O2. The number of hydrogen-bond donors (Lipinski definition) is 1. The third-order valence-electron chi connectivity index (χ3n) is 4.12. The van der Waals surface area contributed by atoms with Crippen molar-refractivity contribution in [2.45, 2.75) is 25.9 Å². The van der Waals surface area contributed by atoms with Crippen LogP contribution in [0.3, 0.4) is 0 Å². The normalized spacial score (nSPS) is 23.0. The zero-order valence-corrected chi connectivity index (χ0v) is 13.6. The zero-order valence-electron chi connectivity index (χ0n) is 12.8. The Morgan fingerprint density at radius 2 is 2.29 bits per heavy atom. The molecule has 4 nitrogen and oxygen atoms in total. The van der Waals surface area contributed by atoms with Crippen LogP contribution in [0.4, 0.5) is 0 Å². The highest BCUT2D eigenvalue weighted by Crippen LogP contribution is 2.25. The van der Waals surface area contributed by atoms with Gasteiger partial charge in [0, 0.05) is 18.1 Å². The second-order valence-corrected chi connectivity index (χ2v) is 5.92. The molecule has 0 aliphatic carbocycles. The summed E-state index contributed by atoms with van der Waals surface area (Å²) in [5, 5.41) is 4.01. The summed E-state index contributed by atoms with van der Waals surface area (Å²) in [5.41, 5.74) is 1.04. The van der Waals surface area contributed by atoms with Gasteiger partial charge in [-0.15, -0.1) is 0 Å². The molecule has 1 aliphatic rings. The molecule has 1 fully saturated rings. The summed E-state index contributed by atoms with van der Waals surface area (Å²) in [5.74, 6) is 0.00232. The molecule has 1 saturated heterocycles. The summed E-state index contributed by atoms with van der Waals surface area (Å²) in [4.78, 5) is 14.5. The van der Waals surface area contributed by atoms with Gasteiger partial charge >= 0.3 is 0 Å². The number of halogens is 1. The summed E-state index contributed by atoms with van der Waals surface area (Å²) < 4.78 is 5.47. The number of carbonyl (C=O) groups excluding carboxylic acids is 1. The summed E-state index contributed by atoms with van der Waals surface area (Å²) in [6, 6.07) is 7.74. The first kappa shape index (κ1) is 16.3. The van der Waals surface area contributed by atoms with E-state index in [1.54, 1.807) is 4.90 Å². The number of benzene rings is 1. The number of rotatable bonds is 5. The van der Waals surface area contributed by atoms with Crippen LogP contribution in [0.25, 0.3) is 0 Å². The minimum absolute atomic E-state index is 0.0147. The molecule has 1 amide bonds. The molecule has 1 aromatic rings. The van der Waals surface area contributed by atoms with E-state index in [-0.39, 0.29) is 23.9 Å². The van der Waals surface area contributed by atoms with Crippen LogP contribution in [0.15, 0.2) is 24.3 Å². The Morgan fingerprint density at radius 3 is 2.95 bits per heavy atom. The van der Waals surface area contributed by atoms with Crippen molar-refractivity contribution in [2.24, 2.45) is 5.92 Å². The second-order valence-electron chi connectivity index (χ2n) is 5.49. The van der Waals surface area contributed by atoms with Gasteiger partial charge in [-0.3, -0.25) is 4.79 Å². The molecule has 0 saturated carbocycles. The highest BCUT2D eigenvalue weighted by atomic mass is 35.5. The average Bonchev–Trinajstić information content (AvgIpc) is 2.93. The summed E-state index contributed by atoms with van der Waals surface area (Å²) in [6.07, 6.45) is 0. The molecule has 0 radical (unpaired) electrons. The maximum Gasteiger partial charge on any atom is 0.229 e.